The van der Waals surface area contributed by atoms with Crippen LogP contribution in [0.25, 0.3) is 0 Å². The van der Waals surface area contributed by atoms with Gasteiger partial charge in [0, 0.05) is 18.2 Å². The number of rotatable bonds is 5. The second-order valence-electron chi connectivity index (χ2n) is 4.13. The molecule has 0 amide bonds. The third-order valence-electron chi connectivity index (χ3n) is 2.70. The molecule has 20 heavy (non-hydrogen) atoms. The predicted octanol–water partition coefficient (Wildman–Crippen LogP) is 2.63. The van der Waals surface area contributed by atoms with E-state index in [4.69, 9.17) is 4.42 Å². The van der Waals surface area contributed by atoms with E-state index in [1.165, 1.54) is 25.5 Å². The van der Waals surface area contributed by atoms with E-state index in [0.29, 0.717) is 23.4 Å². The van der Waals surface area contributed by atoms with E-state index in [1.807, 2.05) is 0 Å². The van der Waals surface area contributed by atoms with Gasteiger partial charge in [-0.1, -0.05) is 6.07 Å². The lowest BCUT2D eigenvalue weighted by Gasteiger charge is -2.04. The van der Waals surface area contributed by atoms with Crippen LogP contribution < -0.4 is 5.32 Å². The zero-order valence-electron chi connectivity index (χ0n) is 10.8. The number of benzene rings is 1. The minimum absolute atomic E-state index is 0.223. The molecule has 4 nitrogen and oxygen atoms in total. The molecule has 1 heterocycles. The molecule has 1 aromatic heterocycles. The Morgan fingerprint density at radius 3 is 2.80 bits per heavy atom. The summed E-state index contributed by atoms with van der Waals surface area (Å²) in [7, 11) is 1.28. The van der Waals surface area contributed by atoms with E-state index in [-0.39, 0.29) is 6.54 Å². The Morgan fingerprint density at radius 1 is 1.30 bits per heavy atom. The van der Waals surface area contributed by atoms with Crippen LogP contribution in [0.15, 0.2) is 34.9 Å². The van der Waals surface area contributed by atoms with Crippen molar-refractivity contribution in [1.82, 2.24) is 5.32 Å². The Kier molecular flexibility index (Phi) is 4.47. The number of ether oxygens (including phenoxy) is 1. The molecule has 0 fully saturated rings. The van der Waals surface area contributed by atoms with E-state index in [2.05, 4.69) is 10.1 Å². The van der Waals surface area contributed by atoms with Crippen molar-refractivity contribution in [2.45, 2.75) is 13.1 Å². The fourth-order valence-electron chi connectivity index (χ4n) is 1.68. The van der Waals surface area contributed by atoms with Gasteiger partial charge in [-0.15, -0.1) is 0 Å². The number of esters is 1. The molecule has 0 atom stereocenters. The van der Waals surface area contributed by atoms with Crippen molar-refractivity contribution in [2.24, 2.45) is 0 Å². The Morgan fingerprint density at radius 2 is 2.10 bits per heavy atom. The van der Waals surface area contributed by atoms with Crippen molar-refractivity contribution in [2.75, 3.05) is 7.11 Å². The minimum Gasteiger partial charge on any atom is -0.467 e. The van der Waals surface area contributed by atoms with Crippen LogP contribution in [0.1, 0.15) is 21.7 Å². The first-order chi connectivity index (χ1) is 9.60. The van der Waals surface area contributed by atoms with E-state index >= 15 is 0 Å². The summed E-state index contributed by atoms with van der Waals surface area (Å²) in [6.45, 7) is 0.536. The summed E-state index contributed by atoms with van der Waals surface area (Å²) in [6.07, 6.45) is 1.29. The maximum absolute atomic E-state index is 13.4. The second kappa shape index (κ2) is 6.29. The molecule has 0 aliphatic rings. The quantitative estimate of drug-likeness (QED) is 0.856. The number of hydrogen-bond acceptors (Lipinski definition) is 4. The average Bonchev–Trinajstić information content (AvgIpc) is 2.89. The normalized spacial score (nSPS) is 10.6. The van der Waals surface area contributed by atoms with Gasteiger partial charge >= 0.3 is 5.97 Å². The lowest BCUT2D eigenvalue weighted by atomic mass is 10.2. The Balaban J connectivity index is 1.89. The topological polar surface area (TPSA) is 51.5 Å². The molecule has 0 saturated heterocycles. The van der Waals surface area contributed by atoms with Gasteiger partial charge < -0.3 is 14.5 Å². The fourth-order valence-corrected chi connectivity index (χ4v) is 1.68. The van der Waals surface area contributed by atoms with Crippen LogP contribution in [0, 0.1) is 11.6 Å². The van der Waals surface area contributed by atoms with Gasteiger partial charge in [0.15, 0.2) is 0 Å². The first-order valence-corrected chi connectivity index (χ1v) is 5.90. The molecule has 2 aromatic rings. The summed E-state index contributed by atoms with van der Waals surface area (Å²) in [4.78, 5) is 11.2. The molecule has 2 rings (SSSR count). The first kappa shape index (κ1) is 14.2. The molecule has 0 bridgehead atoms. The summed E-state index contributed by atoms with van der Waals surface area (Å²) in [6, 6.07) is 4.95. The number of halogens is 2. The van der Waals surface area contributed by atoms with Gasteiger partial charge in [-0.3, -0.25) is 0 Å². The van der Waals surface area contributed by atoms with Crippen LogP contribution in [0.3, 0.4) is 0 Å². The molecule has 6 heteroatoms. The molecule has 0 aliphatic carbocycles. The summed E-state index contributed by atoms with van der Waals surface area (Å²) < 4.78 is 35.8. The van der Waals surface area contributed by atoms with Gasteiger partial charge in [-0.2, -0.15) is 0 Å². The molecule has 1 aromatic carbocycles. The number of methoxy groups -OCH3 is 1. The van der Waals surface area contributed by atoms with Gasteiger partial charge in [-0.05, 0) is 12.1 Å². The van der Waals surface area contributed by atoms with E-state index in [1.54, 1.807) is 6.07 Å². The smallest absolute Gasteiger partial charge is 0.341 e. The Hall–Kier alpha value is -2.21. The highest BCUT2D eigenvalue weighted by atomic mass is 19.1. The highest BCUT2D eigenvalue weighted by Crippen LogP contribution is 2.11. The van der Waals surface area contributed by atoms with Gasteiger partial charge in [-0.25, -0.2) is 13.6 Å². The van der Waals surface area contributed by atoms with Crippen molar-refractivity contribution in [1.29, 1.82) is 0 Å². The van der Waals surface area contributed by atoms with Crippen LogP contribution in [0.5, 0.6) is 0 Å². The van der Waals surface area contributed by atoms with E-state index in [0.717, 1.165) is 6.07 Å². The van der Waals surface area contributed by atoms with Gasteiger partial charge in [0.05, 0.1) is 19.2 Å². The third kappa shape index (κ3) is 3.42. The van der Waals surface area contributed by atoms with Gasteiger partial charge in [0.25, 0.3) is 0 Å². The number of nitrogens with one attached hydrogen (secondary N) is 1. The monoisotopic (exact) mass is 281 g/mol. The third-order valence-corrected chi connectivity index (χ3v) is 2.70. The second-order valence-corrected chi connectivity index (χ2v) is 4.13. The van der Waals surface area contributed by atoms with Crippen LogP contribution in [-0.2, 0) is 17.8 Å². The van der Waals surface area contributed by atoms with Crippen molar-refractivity contribution in [3.8, 4) is 0 Å². The molecule has 0 spiro atoms. The highest BCUT2D eigenvalue weighted by molar-refractivity contribution is 5.88. The van der Waals surface area contributed by atoms with Crippen molar-refractivity contribution < 1.29 is 22.7 Å². The van der Waals surface area contributed by atoms with Crippen LogP contribution in [0.2, 0.25) is 0 Å². The highest BCUT2D eigenvalue weighted by Gasteiger charge is 2.10. The Bertz CT molecular complexity index is 610. The van der Waals surface area contributed by atoms with E-state index < -0.39 is 17.6 Å². The van der Waals surface area contributed by atoms with Crippen molar-refractivity contribution in [3.63, 3.8) is 0 Å². The Labute approximate surface area is 114 Å². The van der Waals surface area contributed by atoms with Crippen molar-refractivity contribution >= 4 is 5.97 Å². The van der Waals surface area contributed by atoms with Gasteiger partial charge in [0.2, 0.25) is 0 Å². The molecular weight excluding hydrogens is 268 g/mol. The largest absolute Gasteiger partial charge is 0.467 e. The molecular formula is C14H13F2NO3. The molecule has 0 unspecified atom stereocenters. The predicted molar refractivity (Wildman–Crippen MR) is 66.9 cm³/mol. The average molecular weight is 281 g/mol. The first-order valence-electron chi connectivity index (χ1n) is 5.90. The zero-order valence-corrected chi connectivity index (χ0v) is 10.8. The van der Waals surface area contributed by atoms with E-state index in [9.17, 15) is 13.6 Å². The van der Waals surface area contributed by atoms with Gasteiger partial charge in [0.1, 0.15) is 23.7 Å². The van der Waals surface area contributed by atoms with Crippen molar-refractivity contribution in [3.05, 3.63) is 59.1 Å². The van der Waals surface area contributed by atoms with Crippen LogP contribution in [-0.4, -0.2) is 13.1 Å². The lowest BCUT2D eigenvalue weighted by Crippen LogP contribution is -2.13. The molecule has 0 aliphatic heterocycles. The van der Waals surface area contributed by atoms with Crippen LogP contribution in [0.4, 0.5) is 8.78 Å². The molecule has 106 valence electrons. The molecule has 0 saturated carbocycles. The number of furan rings is 1. The molecule has 1 N–H and O–H groups in total. The summed E-state index contributed by atoms with van der Waals surface area (Å²) in [5, 5.41) is 2.94. The SMILES string of the molecule is COC(=O)c1coc(CNCc2ccc(F)cc2F)c1. The number of carbonyl (C=O) groups excluding carboxylic acids is 1. The maximum atomic E-state index is 13.4. The summed E-state index contributed by atoms with van der Waals surface area (Å²) in [5.41, 5.74) is 0.670. The standard InChI is InChI=1S/C14H13F2NO3/c1-19-14(18)10-4-12(20-8-10)7-17-6-9-2-3-11(15)5-13(9)16/h2-5,8,17H,6-7H2,1H3. The van der Waals surface area contributed by atoms with Crippen LogP contribution >= 0.6 is 0 Å². The molecule has 0 radical (unpaired) electrons. The summed E-state index contributed by atoms with van der Waals surface area (Å²) in [5.74, 6) is -1.18. The summed E-state index contributed by atoms with van der Waals surface area (Å²) >= 11 is 0. The lowest BCUT2D eigenvalue weighted by molar-refractivity contribution is 0.0600. The maximum Gasteiger partial charge on any atom is 0.341 e. The zero-order chi connectivity index (χ0) is 14.5. The number of carbonyl (C=O) groups is 1. The minimum atomic E-state index is -0.611. The number of hydrogen-bond donors (Lipinski definition) is 1. The fraction of sp³-hybridized carbons (Fsp3) is 0.214.